The smallest absolute Gasteiger partial charge is 0.237 e. The average molecular weight is 342 g/mol. The summed E-state index contributed by atoms with van der Waals surface area (Å²) in [6.45, 7) is 3.94. The molecule has 0 bridgehead atoms. The van der Waals surface area contributed by atoms with Crippen molar-refractivity contribution in [2.75, 3.05) is 13.1 Å². The molecule has 1 rings (SSSR count). The lowest BCUT2D eigenvalue weighted by atomic mass is 9.91. The first kappa shape index (κ1) is 16.7. The summed E-state index contributed by atoms with van der Waals surface area (Å²) in [5.41, 5.74) is 11.1. The SMILES string of the molecule is CC(C)(CN)C(=O)N(CC(N)=O)Cc1ccc(Br)cc1. The standard InChI is InChI=1S/C14H20BrN3O2/c1-14(2,9-16)13(20)18(8-12(17)19)7-10-3-5-11(15)6-4-10/h3-6H,7-9,16H2,1-2H3,(H2,17,19). The first-order chi connectivity index (χ1) is 9.26. The maximum absolute atomic E-state index is 12.4. The van der Waals surface area contributed by atoms with E-state index in [2.05, 4.69) is 15.9 Å². The highest BCUT2D eigenvalue weighted by molar-refractivity contribution is 9.10. The summed E-state index contributed by atoms with van der Waals surface area (Å²) in [5, 5.41) is 0. The first-order valence-electron chi connectivity index (χ1n) is 6.28. The number of nitrogens with two attached hydrogens (primary N) is 2. The zero-order chi connectivity index (χ0) is 15.3. The molecule has 0 aliphatic carbocycles. The van der Waals surface area contributed by atoms with Crippen LogP contribution >= 0.6 is 15.9 Å². The molecule has 4 N–H and O–H groups in total. The Hall–Kier alpha value is -1.40. The van der Waals surface area contributed by atoms with Crippen molar-refractivity contribution in [1.29, 1.82) is 0 Å². The lowest BCUT2D eigenvalue weighted by Crippen LogP contribution is -2.47. The summed E-state index contributed by atoms with van der Waals surface area (Å²) in [7, 11) is 0. The molecule has 6 heteroatoms. The molecular formula is C14H20BrN3O2. The van der Waals surface area contributed by atoms with Gasteiger partial charge >= 0.3 is 0 Å². The van der Waals surface area contributed by atoms with Crippen molar-refractivity contribution >= 4 is 27.7 Å². The Kier molecular flexibility index (Phi) is 5.71. The highest BCUT2D eigenvalue weighted by atomic mass is 79.9. The average Bonchev–Trinajstić information content (AvgIpc) is 2.39. The van der Waals surface area contributed by atoms with E-state index in [1.807, 2.05) is 24.3 Å². The molecule has 0 radical (unpaired) electrons. The van der Waals surface area contributed by atoms with Gasteiger partial charge in [0, 0.05) is 17.6 Å². The highest BCUT2D eigenvalue weighted by Crippen LogP contribution is 2.19. The maximum atomic E-state index is 12.4. The number of rotatable bonds is 6. The third-order valence-electron chi connectivity index (χ3n) is 3.01. The van der Waals surface area contributed by atoms with Crippen molar-refractivity contribution in [2.45, 2.75) is 20.4 Å². The number of nitrogens with zero attached hydrogens (tertiary/aromatic N) is 1. The molecule has 0 saturated heterocycles. The Morgan fingerprint density at radius 3 is 2.25 bits per heavy atom. The lowest BCUT2D eigenvalue weighted by Gasteiger charge is -2.30. The largest absolute Gasteiger partial charge is 0.368 e. The molecule has 0 aliphatic rings. The van der Waals surface area contributed by atoms with E-state index < -0.39 is 11.3 Å². The van der Waals surface area contributed by atoms with E-state index in [1.54, 1.807) is 13.8 Å². The maximum Gasteiger partial charge on any atom is 0.237 e. The van der Waals surface area contributed by atoms with Gasteiger partial charge in [0.05, 0.1) is 12.0 Å². The van der Waals surface area contributed by atoms with Crippen molar-refractivity contribution in [3.8, 4) is 0 Å². The molecule has 0 aromatic heterocycles. The molecule has 20 heavy (non-hydrogen) atoms. The Balaban J connectivity index is 2.92. The predicted octanol–water partition coefficient (Wildman–Crippen LogP) is 1.25. The van der Waals surface area contributed by atoms with Gasteiger partial charge in [-0.1, -0.05) is 28.1 Å². The second kappa shape index (κ2) is 6.85. The van der Waals surface area contributed by atoms with E-state index in [-0.39, 0.29) is 19.0 Å². The second-order valence-corrected chi connectivity index (χ2v) is 6.26. The molecular weight excluding hydrogens is 322 g/mol. The molecule has 5 nitrogen and oxygen atoms in total. The van der Waals surface area contributed by atoms with Crippen LogP contribution in [-0.2, 0) is 16.1 Å². The van der Waals surface area contributed by atoms with Gasteiger partial charge in [-0.2, -0.15) is 0 Å². The highest BCUT2D eigenvalue weighted by Gasteiger charge is 2.31. The van der Waals surface area contributed by atoms with Crippen LogP contribution in [0.2, 0.25) is 0 Å². The van der Waals surface area contributed by atoms with E-state index >= 15 is 0 Å². The molecule has 0 aliphatic heterocycles. The van der Waals surface area contributed by atoms with Crippen molar-refractivity contribution in [1.82, 2.24) is 4.90 Å². The minimum atomic E-state index is -0.717. The van der Waals surface area contributed by atoms with Crippen LogP contribution < -0.4 is 11.5 Å². The molecule has 0 spiro atoms. The van der Waals surface area contributed by atoms with E-state index in [0.29, 0.717) is 6.54 Å². The van der Waals surface area contributed by atoms with Gasteiger partial charge in [0.2, 0.25) is 11.8 Å². The summed E-state index contributed by atoms with van der Waals surface area (Å²) in [4.78, 5) is 25.0. The molecule has 1 aromatic carbocycles. The monoisotopic (exact) mass is 341 g/mol. The van der Waals surface area contributed by atoms with Gasteiger partial charge in [-0.25, -0.2) is 0 Å². The Morgan fingerprint density at radius 2 is 1.80 bits per heavy atom. The number of carbonyl (C=O) groups is 2. The fourth-order valence-corrected chi connectivity index (χ4v) is 1.98. The zero-order valence-electron chi connectivity index (χ0n) is 11.7. The second-order valence-electron chi connectivity index (χ2n) is 5.34. The minimum absolute atomic E-state index is 0.113. The van der Waals surface area contributed by atoms with Gasteiger partial charge < -0.3 is 16.4 Å². The number of carbonyl (C=O) groups excluding carboxylic acids is 2. The van der Waals surface area contributed by atoms with Crippen LogP contribution in [0.3, 0.4) is 0 Å². The Bertz CT molecular complexity index is 486. The third-order valence-corrected chi connectivity index (χ3v) is 3.54. The van der Waals surface area contributed by atoms with Gasteiger partial charge in [0.25, 0.3) is 0 Å². The van der Waals surface area contributed by atoms with Crippen LogP contribution in [0.4, 0.5) is 0 Å². The molecule has 0 atom stereocenters. The number of benzene rings is 1. The van der Waals surface area contributed by atoms with Gasteiger partial charge in [-0.3, -0.25) is 9.59 Å². The molecule has 0 saturated carbocycles. The Morgan fingerprint density at radius 1 is 1.25 bits per heavy atom. The van der Waals surface area contributed by atoms with Gasteiger partial charge in [0.1, 0.15) is 0 Å². The molecule has 1 aromatic rings. The predicted molar refractivity (Wildman–Crippen MR) is 81.6 cm³/mol. The van der Waals surface area contributed by atoms with Crippen molar-refractivity contribution in [2.24, 2.45) is 16.9 Å². The summed E-state index contributed by atoms with van der Waals surface area (Å²) >= 11 is 3.35. The van der Waals surface area contributed by atoms with E-state index in [1.165, 1.54) is 4.90 Å². The molecule has 0 heterocycles. The van der Waals surface area contributed by atoms with Crippen molar-refractivity contribution in [3.63, 3.8) is 0 Å². The van der Waals surface area contributed by atoms with Crippen molar-refractivity contribution in [3.05, 3.63) is 34.3 Å². The zero-order valence-corrected chi connectivity index (χ0v) is 13.3. The molecule has 110 valence electrons. The minimum Gasteiger partial charge on any atom is -0.368 e. The van der Waals surface area contributed by atoms with Crippen molar-refractivity contribution < 1.29 is 9.59 Å². The third kappa shape index (κ3) is 4.61. The quantitative estimate of drug-likeness (QED) is 0.815. The van der Waals surface area contributed by atoms with Crippen LogP contribution in [0, 0.1) is 5.41 Å². The van der Waals surface area contributed by atoms with Crippen LogP contribution in [0.25, 0.3) is 0 Å². The number of hydrogen-bond acceptors (Lipinski definition) is 3. The number of amides is 2. The fraction of sp³-hybridized carbons (Fsp3) is 0.429. The van der Waals surface area contributed by atoms with Gasteiger partial charge in [-0.15, -0.1) is 0 Å². The van der Waals surface area contributed by atoms with Crippen LogP contribution in [-0.4, -0.2) is 29.8 Å². The van der Waals surface area contributed by atoms with Crippen LogP contribution in [0.15, 0.2) is 28.7 Å². The van der Waals surface area contributed by atoms with Crippen LogP contribution in [0.5, 0.6) is 0 Å². The molecule has 2 amide bonds. The summed E-state index contributed by atoms with van der Waals surface area (Å²) in [6, 6.07) is 7.55. The summed E-state index contributed by atoms with van der Waals surface area (Å²) < 4.78 is 0.955. The number of hydrogen-bond donors (Lipinski definition) is 2. The number of halogens is 1. The fourth-order valence-electron chi connectivity index (χ4n) is 1.71. The summed E-state index contributed by atoms with van der Waals surface area (Å²) in [5.74, 6) is -0.718. The number of primary amides is 1. The molecule has 0 fully saturated rings. The molecule has 0 unspecified atom stereocenters. The van der Waals surface area contributed by atoms with E-state index in [0.717, 1.165) is 10.0 Å². The Labute approximate surface area is 127 Å². The van der Waals surface area contributed by atoms with E-state index in [9.17, 15) is 9.59 Å². The lowest BCUT2D eigenvalue weighted by molar-refractivity contribution is -0.143. The topological polar surface area (TPSA) is 89.4 Å². The van der Waals surface area contributed by atoms with Gasteiger partial charge in [0.15, 0.2) is 0 Å². The van der Waals surface area contributed by atoms with E-state index in [4.69, 9.17) is 11.5 Å². The normalized spacial score (nSPS) is 11.2. The summed E-state index contributed by atoms with van der Waals surface area (Å²) in [6.07, 6.45) is 0. The first-order valence-corrected chi connectivity index (χ1v) is 7.08. The van der Waals surface area contributed by atoms with Gasteiger partial charge in [-0.05, 0) is 31.5 Å². The van der Waals surface area contributed by atoms with Crippen LogP contribution in [0.1, 0.15) is 19.4 Å².